The molecule has 0 bridgehead atoms. The monoisotopic (exact) mass is 258 g/mol. The van der Waals surface area contributed by atoms with Crippen molar-refractivity contribution >= 4 is 17.9 Å². The number of primary amides is 1. The third-order valence-corrected chi connectivity index (χ3v) is 2.75. The minimum atomic E-state index is -1.30. The molecular formula is C10H18N4O4. The van der Waals surface area contributed by atoms with Crippen LogP contribution in [0.5, 0.6) is 0 Å². The first-order valence-electron chi connectivity index (χ1n) is 5.72. The second kappa shape index (κ2) is 6.20. The van der Waals surface area contributed by atoms with Crippen molar-refractivity contribution in [2.24, 2.45) is 11.5 Å². The molecule has 0 aromatic rings. The van der Waals surface area contributed by atoms with Gasteiger partial charge in [-0.05, 0) is 12.8 Å². The summed E-state index contributed by atoms with van der Waals surface area (Å²) in [5, 5.41) is 11.1. The van der Waals surface area contributed by atoms with Crippen molar-refractivity contribution in [3.05, 3.63) is 0 Å². The van der Waals surface area contributed by atoms with Gasteiger partial charge < -0.3 is 26.8 Å². The Hall–Kier alpha value is -1.83. The van der Waals surface area contributed by atoms with Gasteiger partial charge in [-0.3, -0.25) is 4.79 Å². The molecular weight excluding hydrogens is 240 g/mol. The summed E-state index contributed by atoms with van der Waals surface area (Å²) >= 11 is 0. The fraction of sp³-hybridized carbons (Fsp3) is 0.700. The molecule has 102 valence electrons. The van der Waals surface area contributed by atoms with Gasteiger partial charge in [-0.2, -0.15) is 0 Å². The van der Waals surface area contributed by atoms with Gasteiger partial charge in [0.1, 0.15) is 6.04 Å². The largest absolute Gasteiger partial charge is 0.480 e. The highest BCUT2D eigenvalue weighted by Crippen LogP contribution is 2.08. The summed E-state index contributed by atoms with van der Waals surface area (Å²) in [5.74, 6) is -2.07. The van der Waals surface area contributed by atoms with Crippen LogP contribution in [0.4, 0.5) is 4.79 Å². The molecule has 6 N–H and O–H groups in total. The number of amides is 3. The number of carboxylic acid groups (broad SMARTS) is 1. The van der Waals surface area contributed by atoms with E-state index in [-0.39, 0.29) is 6.04 Å². The molecule has 0 radical (unpaired) electrons. The first kappa shape index (κ1) is 14.2. The standard InChI is InChI=1S/C10H18N4O4/c11-6-2-1-3-14(5-6)10(18)13-7(9(16)17)4-8(12)15/h6-7H,1-5,11H2,(H2,12,15)(H,13,18)(H,16,17)/t6?,7-/m0/s1. The Morgan fingerprint density at radius 3 is 2.61 bits per heavy atom. The van der Waals surface area contributed by atoms with Crippen molar-refractivity contribution in [1.82, 2.24) is 10.2 Å². The van der Waals surface area contributed by atoms with Gasteiger partial charge in [0, 0.05) is 19.1 Å². The molecule has 0 aromatic heterocycles. The predicted octanol–water partition coefficient (Wildman–Crippen LogP) is -1.55. The number of nitrogens with zero attached hydrogens (tertiary/aromatic N) is 1. The lowest BCUT2D eigenvalue weighted by atomic mass is 10.1. The van der Waals surface area contributed by atoms with Gasteiger partial charge in [0.05, 0.1) is 6.42 Å². The molecule has 18 heavy (non-hydrogen) atoms. The molecule has 1 rings (SSSR count). The average molecular weight is 258 g/mol. The van der Waals surface area contributed by atoms with Crippen LogP contribution in [0.15, 0.2) is 0 Å². The number of hydrogen-bond donors (Lipinski definition) is 4. The molecule has 8 nitrogen and oxygen atoms in total. The molecule has 1 unspecified atom stereocenters. The van der Waals surface area contributed by atoms with E-state index in [1.165, 1.54) is 4.90 Å². The van der Waals surface area contributed by atoms with E-state index in [4.69, 9.17) is 16.6 Å². The second-order valence-corrected chi connectivity index (χ2v) is 4.36. The summed E-state index contributed by atoms with van der Waals surface area (Å²) < 4.78 is 0. The summed E-state index contributed by atoms with van der Waals surface area (Å²) in [6.45, 7) is 0.914. The van der Waals surface area contributed by atoms with Crippen molar-refractivity contribution in [3.8, 4) is 0 Å². The Labute approximate surface area is 104 Å². The number of piperidine rings is 1. The lowest BCUT2D eigenvalue weighted by molar-refractivity contribution is -0.141. The average Bonchev–Trinajstić information content (AvgIpc) is 2.27. The zero-order chi connectivity index (χ0) is 13.7. The molecule has 0 aliphatic carbocycles. The van der Waals surface area contributed by atoms with E-state index >= 15 is 0 Å². The lowest BCUT2D eigenvalue weighted by Crippen LogP contribution is -2.53. The summed E-state index contributed by atoms with van der Waals surface area (Å²) in [7, 11) is 0. The van der Waals surface area contributed by atoms with Crippen LogP contribution < -0.4 is 16.8 Å². The van der Waals surface area contributed by atoms with Gasteiger partial charge >= 0.3 is 12.0 Å². The molecule has 0 saturated carbocycles. The van der Waals surface area contributed by atoms with Crippen LogP contribution in [-0.4, -0.2) is 53.1 Å². The van der Waals surface area contributed by atoms with E-state index in [0.29, 0.717) is 13.1 Å². The quantitative estimate of drug-likeness (QED) is 0.483. The molecule has 8 heteroatoms. The van der Waals surface area contributed by atoms with Gasteiger partial charge in [-0.1, -0.05) is 0 Å². The van der Waals surface area contributed by atoms with Crippen molar-refractivity contribution in [3.63, 3.8) is 0 Å². The first-order chi connectivity index (χ1) is 8.40. The topological polar surface area (TPSA) is 139 Å². The summed E-state index contributed by atoms with van der Waals surface area (Å²) in [4.78, 5) is 34.8. The van der Waals surface area contributed by atoms with Crippen molar-refractivity contribution in [2.75, 3.05) is 13.1 Å². The molecule has 2 atom stereocenters. The third kappa shape index (κ3) is 4.21. The fourth-order valence-electron chi connectivity index (χ4n) is 1.84. The third-order valence-electron chi connectivity index (χ3n) is 2.75. The molecule has 1 fully saturated rings. The highest BCUT2D eigenvalue weighted by atomic mass is 16.4. The van der Waals surface area contributed by atoms with Gasteiger partial charge in [-0.15, -0.1) is 0 Å². The molecule has 1 aliphatic heterocycles. The SMILES string of the molecule is NC(=O)C[C@H](NC(=O)N1CCCC(N)C1)C(=O)O. The molecule has 0 aromatic carbocycles. The smallest absolute Gasteiger partial charge is 0.326 e. The first-order valence-corrected chi connectivity index (χ1v) is 5.72. The summed E-state index contributed by atoms with van der Waals surface area (Å²) in [5.41, 5.74) is 10.6. The highest BCUT2D eigenvalue weighted by Gasteiger charge is 2.27. The number of likely N-dealkylation sites (tertiary alicyclic amines) is 1. The van der Waals surface area contributed by atoms with Crippen LogP contribution in [0.1, 0.15) is 19.3 Å². The number of rotatable bonds is 4. The highest BCUT2D eigenvalue weighted by molar-refractivity contribution is 5.87. The number of nitrogens with one attached hydrogen (secondary N) is 1. The van der Waals surface area contributed by atoms with E-state index in [1.54, 1.807) is 0 Å². The number of aliphatic carboxylic acids is 1. The normalized spacial score (nSPS) is 21.2. The fourth-order valence-corrected chi connectivity index (χ4v) is 1.84. The van der Waals surface area contributed by atoms with Crippen LogP contribution in [0.3, 0.4) is 0 Å². The lowest BCUT2D eigenvalue weighted by Gasteiger charge is -2.31. The Morgan fingerprint density at radius 1 is 1.44 bits per heavy atom. The van der Waals surface area contributed by atoms with Crippen molar-refractivity contribution in [2.45, 2.75) is 31.3 Å². The van der Waals surface area contributed by atoms with Crippen LogP contribution in [0.2, 0.25) is 0 Å². The number of hydrogen-bond acceptors (Lipinski definition) is 4. The van der Waals surface area contributed by atoms with Crippen LogP contribution >= 0.6 is 0 Å². The Kier molecular flexibility index (Phi) is 4.90. The van der Waals surface area contributed by atoms with Crippen LogP contribution in [0, 0.1) is 0 Å². The number of carboxylic acids is 1. The minimum absolute atomic E-state index is 0.0936. The summed E-state index contributed by atoms with van der Waals surface area (Å²) in [6, 6.07) is -1.92. The second-order valence-electron chi connectivity index (χ2n) is 4.36. The minimum Gasteiger partial charge on any atom is -0.480 e. The van der Waals surface area contributed by atoms with Crippen molar-refractivity contribution < 1.29 is 19.5 Å². The zero-order valence-electron chi connectivity index (χ0n) is 9.96. The van der Waals surface area contributed by atoms with Crippen molar-refractivity contribution in [1.29, 1.82) is 0 Å². The van der Waals surface area contributed by atoms with E-state index in [9.17, 15) is 14.4 Å². The van der Waals surface area contributed by atoms with Crippen LogP contribution in [-0.2, 0) is 9.59 Å². The Morgan fingerprint density at radius 2 is 2.11 bits per heavy atom. The number of carbonyl (C=O) groups is 3. The van der Waals surface area contributed by atoms with E-state index in [0.717, 1.165) is 12.8 Å². The maximum absolute atomic E-state index is 11.8. The molecule has 3 amide bonds. The molecule has 0 spiro atoms. The predicted molar refractivity (Wildman–Crippen MR) is 62.5 cm³/mol. The van der Waals surface area contributed by atoms with E-state index in [2.05, 4.69) is 5.32 Å². The Bertz CT molecular complexity index is 347. The summed E-state index contributed by atoms with van der Waals surface area (Å²) in [6.07, 6.45) is 1.19. The maximum atomic E-state index is 11.8. The van der Waals surface area contributed by atoms with Gasteiger partial charge in [-0.25, -0.2) is 9.59 Å². The number of urea groups is 1. The molecule has 1 aliphatic rings. The van der Waals surface area contributed by atoms with Crippen LogP contribution in [0.25, 0.3) is 0 Å². The molecule has 1 saturated heterocycles. The number of nitrogens with two attached hydrogens (primary N) is 2. The van der Waals surface area contributed by atoms with Gasteiger partial charge in [0.25, 0.3) is 0 Å². The Balaban J connectivity index is 2.54. The van der Waals surface area contributed by atoms with Gasteiger partial charge in [0.15, 0.2) is 0 Å². The molecule has 1 heterocycles. The zero-order valence-corrected chi connectivity index (χ0v) is 9.96. The van der Waals surface area contributed by atoms with Gasteiger partial charge in [0.2, 0.25) is 5.91 Å². The van der Waals surface area contributed by atoms with E-state index in [1.807, 2.05) is 0 Å². The van der Waals surface area contributed by atoms with E-state index < -0.39 is 30.4 Å². The maximum Gasteiger partial charge on any atom is 0.326 e. The number of carbonyl (C=O) groups excluding carboxylic acids is 2.